The van der Waals surface area contributed by atoms with E-state index in [0.717, 1.165) is 6.07 Å². The van der Waals surface area contributed by atoms with Gasteiger partial charge in [-0.2, -0.15) is 13.2 Å². The van der Waals surface area contributed by atoms with Gasteiger partial charge in [0.2, 0.25) is 0 Å². The predicted molar refractivity (Wildman–Crippen MR) is 55.7 cm³/mol. The van der Waals surface area contributed by atoms with Crippen LogP contribution in [-0.4, -0.2) is 18.7 Å². The lowest BCUT2D eigenvalue weighted by Crippen LogP contribution is -2.12. The Hall–Kier alpha value is -0.940. The maximum Gasteiger partial charge on any atom is 0.420 e. The summed E-state index contributed by atoms with van der Waals surface area (Å²) >= 11 is 5.53. The van der Waals surface area contributed by atoms with Crippen LogP contribution in [0.4, 0.5) is 13.2 Å². The minimum atomic E-state index is -4.59. The first kappa shape index (κ1) is 13.1. The number of halogens is 4. The van der Waals surface area contributed by atoms with Gasteiger partial charge in [-0.1, -0.05) is 11.6 Å². The molecular weight excluding hydrogens is 243 g/mol. The van der Waals surface area contributed by atoms with E-state index < -0.39 is 17.5 Å². The van der Waals surface area contributed by atoms with Gasteiger partial charge in [0.05, 0.1) is 10.6 Å². The lowest BCUT2D eigenvalue weighted by atomic mass is 10.1. The maximum atomic E-state index is 12.5. The zero-order valence-electron chi connectivity index (χ0n) is 8.53. The number of aromatic hydroxyl groups is 1. The molecule has 2 nitrogen and oxygen atoms in total. The first-order chi connectivity index (χ1) is 7.36. The Bertz CT molecular complexity index is 379. The molecule has 0 aromatic heterocycles. The number of alkyl halides is 3. The number of phenolic OH excluding ortho intramolecular Hbond substituents is 1. The summed E-state index contributed by atoms with van der Waals surface area (Å²) in [5, 5.41) is 11.8. The molecule has 0 bridgehead atoms. The van der Waals surface area contributed by atoms with Gasteiger partial charge < -0.3 is 10.4 Å². The van der Waals surface area contributed by atoms with E-state index in [2.05, 4.69) is 5.32 Å². The largest absolute Gasteiger partial charge is 0.506 e. The third-order valence-electron chi connectivity index (χ3n) is 2.09. The first-order valence-corrected chi connectivity index (χ1v) is 4.97. The van der Waals surface area contributed by atoms with Crippen molar-refractivity contribution in [2.45, 2.75) is 12.6 Å². The summed E-state index contributed by atoms with van der Waals surface area (Å²) in [5.74, 6) is -0.914. The van der Waals surface area contributed by atoms with Gasteiger partial charge in [-0.15, -0.1) is 0 Å². The Morgan fingerprint density at radius 3 is 2.50 bits per heavy atom. The first-order valence-electron chi connectivity index (χ1n) is 4.59. The standard InChI is InChI=1S/C10H11ClF3NO/c1-15-3-2-6-4-7(10(12,13)14)9(16)8(11)5-6/h4-5,15-16H,2-3H2,1H3. The highest BCUT2D eigenvalue weighted by molar-refractivity contribution is 6.32. The number of hydrogen-bond donors (Lipinski definition) is 2. The molecule has 1 aromatic rings. The van der Waals surface area contributed by atoms with E-state index >= 15 is 0 Å². The van der Waals surface area contributed by atoms with Gasteiger partial charge in [-0.3, -0.25) is 0 Å². The molecule has 0 fully saturated rings. The number of benzene rings is 1. The zero-order chi connectivity index (χ0) is 12.3. The second kappa shape index (κ2) is 4.93. The predicted octanol–water partition coefficient (Wildman–Crippen LogP) is 2.83. The number of likely N-dealkylation sites (N-methyl/N-ethyl adjacent to an activating group) is 1. The van der Waals surface area contributed by atoms with E-state index in [1.54, 1.807) is 7.05 Å². The van der Waals surface area contributed by atoms with Gasteiger partial charge in [-0.05, 0) is 37.7 Å². The fourth-order valence-electron chi connectivity index (χ4n) is 1.28. The summed E-state index contributed by atoms with van der Waals surface area (Å²) in [6.07, 6.45) is -4.18. The van der Waals surface area contributed by atoms with Crippen molar-refractivity contribution in [3.63, 3.8) is 0 Å². The third kappa shape index (κ3) is 3.02. The molecule has 0 radical (unpaired) electrons. The lowest BCUT2D eigenvalue weighted by Gasteiger charge is -2.12. The Balaban J connectivity index is 3.12. The Kier molecular flexibility index (Phi) is 4.04. The summed E-state index contributed by atoms with van der Waals surface area (Å²) in [5.41, 5.74) is -0.657. The average molecular weight is 254 g/mol. The molecule has 90 valence electrons. The molecule has 0 saturated heterocycles. The highest BCUT2D eigenvalue weighted by Crippen LogP contribution is 2.40. The molecule has 0 aliphatic heterocycles. The molecule has 2 N–H and O–H groups in total. The smallest absolute Gasteiger partial charge is 0.420 e. The van der Waals surface area contributed by atoms with Crippen molar-refractivity contribution in [1.82, 2.24) is 5.32 Å². The fraction of sp³-hybridized carbons (Fsp3) is 0.400. The highest BCUT2D eigenvalue weighted by Gasteiger charge is 2.35. The van der Waals surface area contributed by atoms with Crippen LogP contribution < -0.4 is 5.32 Å². The van der Waals surface area contributed by atoms with Gasteiger partial charge in [0.1, 0.15) is 5.75 Å². The molecule has 0 atom stereocenters. The summed E-state index contributed by atoms with van der Waals surface area (Å²) in [7, 11) is 1.70. The second-order valence-corrected chi connectivity index (χ2v) is 3.73. The van der Waals surface area contributed by atoms with E-state index in [1.165, 1.54) is 6.07 Å². The van der Waals surface area contributed by atoms with Crippen LogP contribution in [-0.2, 0) is 12.6 Å². The van der Waals surface area contributed by atoms with E-state index in [-0.39, 0.29) is 5.02 Å². The molecule has 1 aromatic carbocycles. The molecule has 0 aliphatic rings. The van der Waals surface area contributed by atoms with Crippen LogP contribution >= 0.6 is 11.6 Å². The van der Waals surface area contributed by atoms with E-state index in [4.69, 9.17) is 11.6 Å². The highest BCUT2D eigenvalue weighted by atomic mass is 35.5. The van der Waals surface area contributed by atoms with Crippen LogP contribution in [0.5, 0.6) is 5.75 Å². The Labute approximate surface area is 96.0 Å². The number of rotatable bonds is 3. The van der Waals surface area contributed by atoms with Crippen LogP contribution in [0.25, 0.3) is 0 Å². The van der Waals surface area contributed by atoms with Gasteiger partial charge in [0, 0.05) is 0 Å². The SMILES string of the molecule is CNCCc1cc(Cl)c(O)c(C(F)(F)F)c1. The molecule has 0 saturated carbocycles. The number of phenols is 1. The topological polar surface area (TPSA) is 32.3 Å². The van der Waals surface area contributed by atoms with Gasteiger partial charge in [0.15, 0.2) is 0 Å². The Morgan fingerprint density at radius 1 is 1.38 bits per heavy atom. The van der Waals surface area contributed by atoms with Crippen molar-refractivity contribution in [3.05, 3.63) is 28.3 Å². The average Bonchev–Trinajstić information content (AvgIpc) is 2.17. The summed E-state index contributed by atoms with van der Waals surface area (Å²) in [4.78, 5) is 0. The minimum absolute atomic E-state index is 0.277. The molecule has 6 heteroatoms. The van der Waals surface area contributed by atoms with Crippen molar-refractivity contribution in [2.24, 2.45) is 0 Å². The summed E-state index contributed by atoms with van der Waals surface area (Å²) in [6.45, 7) is 0.540. The van der Waals surface area contributed by atoms with Crippen molar-refractivity contribution in [3.8, 4) is 5.75 Å². The summed E-state index contributed by atoms with van der Waals surface area (Å²) < 4.78 is 37.5. The van der Waals surface area contributed by atoms with Gasteiger partial charge in [0.25, 0.3) is 0 Å². The minimum Gasteiger partial charge on any atom is -0.506 e. The number of nitrogens with one attached hydrogen (secondary N) is 1. The fourth-order valence-corrected chi connectivity index (χ4v) is 1.53. The van der Waals surface area contributed by atoms with Crippen molar-refractivity contribution < 1.29 is 18.3 Å². The van der Waals surface area contributed by atoms with E-state index in [0.29, 0.717) is 18.5 Å². The van der Waals surface area contributed by atoms with E-state index in [1.807, 2.05) is 0 Å². The molecule has 0 unspecified atom stereocenters. The lowest BCUT2D eigenvalue weighted by molar-refractivity contribution is -0.138. The van der Waals surface area contributed by atoms with E-state index in [9.17, 15) is 18.3 Å². The molecule has 0 amide bonds. The van der Waals surface area contributed by atoms with Crippen LogP contribution in [0.15, 0.2) is 12.1 Å². The van der Waals surface area contributed by atoms with Crippen molar-refractivity contribution in [2.75, 3.05) is 13.6 Å². The monoisotopic (exact) mass is 253 g/mol. The zero-order valence-corrected chi connectivity index (χ0v) is 9.28. The molecular formula is C10H11ClF3NO. The number of hydrogen-bond acceptors (Lipinski definition) is 2. The molecule has 1 rings (SSSR count). The van der Waals surface area contributed by atoms with Crippen molar-refractivity contribution >= 4 is 11.6 Å². The van der Waals surface area contributed by atoms with Crippen LogP contribution in [0.1, 0.15) is 11.1 Å². The van der Waals surface area contributed by atoms with Crippen LogP contribution in [0, 0.1) is 0 Å². The Morgan fingerprint density at radius 2 is 2.00 bits per heavy atom. The molecule has 16 heavy (non-hydrogen) atoms. The molecule has 0 aliphatic carbocycles. The van der Waals surface area contributed by atoms with Crippen LogP contribution in [0.3, 0.4) is 0 Å². The normalized spacial score (nSPS) is 11.8. The molecule has 0 heterocycles. The van der Waals surface area contributed by atoms with Gasteiger partial charge >= 0.3 is 6.18 Å². The quantitative estimate of drug-likeness (QED) is 0.868. The second-order valence-electron chi connectivity index (χ2n) is 3.33. The molecule has 0 spiro atoms. The van der Waals surface area contributed by atoms with Gasteiger partial charge in [-0.25, -0.2) is 0 Å². The van der Waals surface area contributed by atoms with Crippen molar-refractivity contribution in [1.29, 1.82) is 0 Å². The third-order valence-corrected chi connectivity index (χ3v) is 2.38. The van der Waals surface area contributed by atoms with Crippen LogP contribution in [0.2, 0.25) is 5.02 Å². The summed E-state index contributed by atoms with van der Waals surface area (Å²) in [6, 6.07) is 2.25. The maximum absolute atomic E-state index is 12.5.